The van der Waals surface area contributed by atoms with Crippen LogP contribution in [0.1, 0.15) is 35.6 Å². The fraction of sp³-hybridized carbons (Fsp3) is 0.273. The van der Waals surface area contributed by atoms with Gasteiger partial charge in [0.15, 0.2) is 5.78 Å². The standard InChI is InChI=1S/C22H23NO2/c1-15-7-9-17(10-8-15)13-22(25)21(23-16(2)24)14-19-12-11-18-5-3-4-6-20(18)19/h3-10,12,21H,11,13-14H2,1-2H3,(H,23,24). The molecule has 1 aliphatic carbocycles. The number of rotatable bonds is 6. The number of aryl methyl sites for hydroxylation is 1. The molecule has 3 heteroatoms. The Morgan fingerprint density at radius 3 is 2.52 bits per heavy atom. The second-order valence-corrected chi connectivity index (χ2v) is 6.68. The molecule has 1 aliphatic rings. The number of hydrogen-bond donors (Lipinski definition) is 1. The minimum atomic E-state index is -0.490. The number of fused-ring (bicyclic) bond motifs is 1. The van der Waals surface area contributed by atoms with Gasteiger partial charge in [-0.25, -0.2) is 0 Å². The summed E-state index contributed by atoms with van der Waals surface area (Å²) >= 11 is 0. The molecular formula is C22H23NO2. The molecule has 1 N–H and O–H groups in total. The van der Waals surface area contributed by atoms with Gasteiger partial charge in [-0.3, -0.25) is 9.59 Å². The van der Waals surface area contributed by atoms with E-state index in [4.69, 9.17) is 0 Å². The van der Waals surface area contributed by atoms with Gasteiger partial charge in [0.25, 0.3) is 0 Å². The zero-order valence-electron chi connectivity index (χ0n) is 14.7. The predicted octanol–water partition coefficient (Wildman–Crippen LogP) is 3.64. The van der Waals surface area contributed by atoms with Crippen molar-refractivity contribution in [3.63, 3.8) is 0 Å². The van der Waals surface area contributed by atoms with E-state index >= 15 is 0 Å². The summed E-state index contributed by atoms with van der Waals surface area (Å²) in [6.45, 7) is 3.48. The maximum Gasteiger partial charge on any atom is 0.217 e. The van der Waals surface area contributed by atoms with Crippen LogP contribution in [0.4, 0.5) is 0 Å². The van der Waals surface area contributed by atoms with Crippen LogP contribution in [0.3, 0.4) is 0 Å². The first-order valence-electron chi connectivity index (χ1n) is 8.65. The lowest BCUT2D eigenvalue weighted by Gasteiger charge is -2.18. The summed E-state index contributed by atoms with van der Waals surface area (Å²) in [5, 5.41) is 2.84. The summed E-state index contributed by atoms with van der Waals surface area (Å²) in [5.41, 5.74) is 5.77. The van der Waals surface area contributed by atoms with Crippen LogP contribution < -0.4 is 5.32 Å². The molecular weight excluding hydrogens is 310 g/mol. The number of Topliss-reactive ketones (excluding diaryl/α,β-unsaturated/α-hetero) is 1. The van der Waals surface area contributed by atoms with Crippen LogP contribution in [0.2, 0.25) is 0 Å². The number of nitrogens with one attached hydrogen (secondary N) is 1. The van der Waals surface area contributed by atoms with E-state index in [0.29, 0.717) is 12.8 Å². The van der Waals surface area contributed by atoms with Crippen LogP contribution in [0.5, 0.6) is 0 Å². The first kappa shape index (κ1) is 17.2. The van der Waals surface area contributed by atoms with Crippen molar-refractivity contribution in [3.05, 3.63) is 76.9 Å². The third-order valence-corrected chi connectivity index (χ3v) is 4.62. The van der Waals surface area contributed by atoms with Crippen LogP contribution in [0.25, 0.3) is 5.57 Å². The lowest BCUT2D eigenvalue weighted by molar-refractivity contribution is -0.126. The number of hydrogen-bond acceptors (Lipinski definition) is 2. The minimum absolute atomic E-state index is 0.0457. The van der Waals surface area contributed by atoms with Crippen molar-refractivity contribution >= 4 is 17.3 Å². The number of benzene rings is 2. The minimum Gasteiger partial charge on any atom is -0.346 e. The summed E-state index contributed by atoms with van der Waals surface area (Å²) in [7, 11) is 0. The zero-order chi connectivity index (χ0) is 17.8. The smallest absolute Gasteiger partial charge is 0.217 e. The second-order valence-electron chi connectivity index (χ2n) is 6.68. The molecule has 0 spiro atoms. The van der Waals surface area contributed by atoms with E-state index in [1.165, 1.54) is 23.6 Å². The largest absolute Gasteiger partial charge is 0.346 e. The van der Waals surface area contributed by atoms with Crippen LogP contribution in [0, 0.1) is 6.92 Å². The molecule has 0 saturated carbocycles. The number of amides is 1. The second kappa shape index (κ2) is 7.47. The molecule has 0 radical (unpaired) electrons. The molecule has 1 amide bonds. The topological polar surface area (TPSA) is 46.2 Å². The molecule has 3 nitrogen and oxygen atoms in total. The molecule has 1 unspecified atom stereocenters. The van der Waals surface area contributed by atoms with E-state index in [9.17, 15) is 9.59 Å². The Morgan fingerprint density at radius 1 is 1.08 bits per heavy atom. The zero-order valence-corrected chi connectivity index (χ0v) is 14.7. The molecule has 0 fully saturated rings. The molecule has 1 atom stereocenters. The average Bonchev–Trinajstić information content (AvgIpc) is 2.99. The van der Waals surface area contributed by atoms with Gasteiger partial charge in [0.05, 0.1) is 6.04 Å². The third-order valence-electron chi connectivity index (χ3n) is 4.62. The van der Waals surface area contributed by atoms with Gasteiger partial charge < -0.3 is 5.32 Å². The summed E-state index contributed by atoms with van der Waals surface area (Å²) in [4.78, 5) is 24.4. The van der Waals surface area contributed by atoms with Crippen molar-refractivity contribution in [2.24, 2.45) is 0 Å². The Morgan fingerprint density at radius 2 is 1.80 bits per heavy atom. The first-order valence-corrected chi connectivity index (χ1v) is 8.65. The van der Waals surface area contributed by atoms with Gasteiger partial charge in [0.2, 0.25) is 5.91 Å². The highest BCUT2D eigenvalue weighted by Gasteiger charge is 2.24. The summed E-state index contributed by atoms with van der Waals surface area (Å²) in [6.07, 6.45) is 3.94. The predicted molar refractivity (Wildman–Crippen MR) is 100 cm³/mol. The summed E-state index contributed by atoms with van der Waals surface area (Å²) < 4.78 is 0. The Bertz CT molecular complexity index is 818. The SMILES string of the molecule is CC(=O)NC(CC1=CCc2ccccc21)C(=O)Cc1ccc(C)cc1. The van der Waals surface area contributed by atoms with E-state index in [2.05, 4.69) is 23.5 Å². The molecule has 128 valence electrons. The van der Waals surface area contributed by atoms with Crippen LogP contribution in [0.15, 0.2) is 54.6 Å². The van der Waals surface area contributed by atoms with Gasteiger partial charge in [0, 0.05) is 19.8 Å². The third kappa shape index (κ3) is 4.24. The van der Waals surface area contributed by atoms with E-state index in [1.54, 1.807) is 0 Å². The van der Waals surface area contributed by atoms with E-state index in [1.807, 2.05) is 43.3 Å². The van der Waals surface area contributed by atoms with Gasteiger partial charge in [-0.1, -0.05) is 60.2 Å². The molecule has 0 aromatic heterocycles. The Kier molecular flexibility index (Phi) is 5.13. The number of carbonyl (C=O) groups is 2. The summed E-state index contributed by atoms with van der Waals surface area (Å²) in [6, 6.07) is 15.7. The van der Waals surface area contributed by atoms with Crippen molar-refractivity contribution in [1.29, 1.82) is 0 Å². The summed E-state index contributed by atoms with van der Waals surface area (Å²) in [5.74, 6) is -0.126. The van der Waals surface area contributed by atoms with Crippen LogP contribution >= 0.6 is 0 Å². The molecule has 3 rings (SSSR count). The number of ketones is 1. The molecule has 0 heterocycles. The van der Waals surface area contributed by atoms with Crippen molar-refractivity contribution in [3.8, 4) is 0 Å². The van der Waals surface area contributed by atoms with Crippen molar-refractivity contribution < 1.29 is 9.59 Å². The molecule has 25 heavy (non-hydrogen) atoms. The Balaban J connectivity index is 1.74. The van der Waals surface area contributed by atoms with Crippen molar-refractivity contribution in [2.45, 2.75) is 39.2 Å². The molecule has 2 aromatic rings. The van der Waals surface area contributed by atoms with Gasteiger partial charge in [-0.2, -0.15) is 0 Å². The van der Waals surface area contributed by atoms with Gasteiger partial charge in [-0.15, -0.1) is 0 Å². The Labute approximate surface area is 148 Å². The van der Waals surface area contributed by atoms with E-state index in [0.717, 1.165) is 17.6 Å². The van der Waals surface area contributed by atoms with Crippen molar-refractivity contribution in [1.82, 2.24) is 5.32 Å². The normalized spacial score (nSPS) is 13.8. The molecule has 2 aromatic carbocycles. The number of carbonyl (C=O) groups excluding carboxylic acids is 2. The van der Waals surface area contributed by atoms with Gasteiger partial charge in [0.1, 0.15) is 0 Å². The van der Waals surface area contributed by atoms with E-state index < -0.39 is 6.04 Å². The van der Waals surface area contributed by atoms with Crippen LogP contribution in [-0.2, 0) is 22.4 Å². The fourth-order valence-electron chi connectivity index (χ4n) is 3.29. The monoisotopic (exact) mass is 333 g/mol. The Hall–Kier alpha value is -2.68. The molecule has 0 aliphatic heterocycles. The van der Waals surface area contributed by atoms with Crippen LogP contribution in [-0.4, -0.2) is 17.7 Å². The van der Waals surface area contributed by atoms with Crippen molar-refractivity contribution in [2.75, 3.05) is 0 Å². The highest BCUT2D eigenvalue weighted by molar-refractivity contribution is 5.92. The average molecular weight is 333 g/mol. The molecule has 0 saturated heterocycles. The quantitative estimate of drug-likeness (QED) is 0.877. The maximum absolute atomic E-state index is 12.8. The lowest BCUT2D eigenvalue weighted by atomic mass is 9.94. The van der Waals surface area contributed by atoms with Gasteiger partial charge >= 0.3 is 0 Å². The lowest BCUT2D eigenvalue weighted by Crippen LogP contribution is -2.40. The van der Waals surface area contributed by atoms with Gasteiger partial charge in [-0.05, 0) is 35.6 Å². The highest BCUT2D eigenvalue weighted by atomic mass is 16.2. The van der Waals surface area contributed by atoms with E-state index in [-0.39, 0.29) is 11.7 Å². The maximum atomic E-state index is 12.8. The number of allylic oxidation sites excluding steroid dienone is 1. The highest BCUT2D eigenvalue weighted by Crippen LogP contribution is 2.30. The molecule has 0 bridgehead atoms. The fourth-order valence-corrected chi connectivity index (χ4v) is 3.29. The first-order chi connectivity index (χ1) is 12.0.